The van der Waals surface area contributed by atoms with Gasteiger partial charge in [-0.15, -0.1) is 11.3 Å². The van der Waals surface area contributed by atoms with Crippen LogP contribution in [-0.2, 0) is 16.8 Å². The minimum Gasteiger partial charge on any atom is -0.370 e. The number of likely N-dealkylation sites (tertiary alicyclic amines) is 1. The monoisotopic (exact) mass is 302 g/mol. The fourth-order valence-corrected chi connectivity index (χ4v) is 4.43. The van der Waals surface area contributed by atoms with Crippen LogP contribution in [0.25, 0.3) is 0 Å². The van der Waals surface area contributed by atoms with Crippen molar-refractivity contribution in [2.45, 2.75) is 24.9 Å². The van der Waals surface area contributed by atoms with E-state index in [1.807, 2.05) is 28.4 Å². The smallest absolute Gasteiger partial charge is 0.270 e. The highest BCUT2D eigenvalue weighted by Gasteiger charge is 2.42. The lowest BCUT2D eigenvalue weighted by molar-refractivity contribution is -0.0926. The summed E-state index contributed by atoms with van der Waals surface area (Å²) in [5.41, 5.74) is 1.89. The van der Waals surface area contributed by atoms with Gasteiger partial charge in [0.1, 0.15) is 5.69 Å². The molecule has 1 spiro atoms. The van der Waals surface area contributed by atoms with E-state index >= 15 is 0 Å². The molecule has 1 amide bonds. The van der Waals surface area contributed by atoms with Gasteiger partial charge in [-0.1, -0.05) is 0 Å². The Kier molecular flexibility index (Phi) is 3.12. The van der Waals surface area contributed by atoms with Gasteiger partial charge in [0, 0.05) is 30.6 Å². The number of piperidine rings is 1. The molecular weight excluding hydrogens is 284 g/mol. The third kappa shape index (κ3) is 2.12. The van der Waals surface area contributed by atoms with Crippen molar-refractivity contribution in [1.82, 2.24) is 9.88 Å². The van der Waals surface area contributed by atoms with Gasteiger partial charge in [-0.05, 0) is 42.0 Å². The van der Waals surface area contributed by atoms with E-state index in [1.165, 1.54) is 10.4 Å². The number of amides is 1. The number of fused-ring (bicyclic) bond motifs is 2. The number of carbonyl (C=O) groups is 1. The lowest BCUT2D eigenvalue weighted by Gasteiger charge is -2.44. The molecule has 5 heteroatoms. The first-order chi connectivity index (χ1) is 10.3. The maximum absolute atomic E-state index is 12.4. The first-order valence-corrected chi connectivity index (χ1v) is 8.30. The average molecular weight is 302 g/mol. The SMILES string of the molecule is O=C(c1ccc[nH]1)N1CCC2(CC1)OCCc1sccc12. The fourth-order valence-electron chi connectivity index (χ4n) is 3.48. The molecule has 0 unspecified atom stereocenters. The predicted molar refractivity (Wildman–Crippen MR) is 81.6 cm³/mol. The molecule has 1 saturated heterocycles. The summed E-state index contributed by atoms with van der Waals surface area (Å²) in [4.78, 5) is 18.8. The molecule has 1 fully saturated rings. The van der Waals surface area contributed by atoms with Crippen LogP contribution >= 0.6 is 11.3 Å². The number of nitrogens with one attached hydrogen (secondary N) is 1. The van der Waals surface area contributed by atoms with Crippen LogP contribution in [-0.4, -0.2) is 35.5 Å². The van der Waals surface area contributed by atoms with Gasteiger partial charge in [-0.25, -0.2) is 0 Å². The summed E-state index contributed by atoms with van der Waals surface area (Å²) in [5.74, 6) is 0.0937. The number of rotatable bonds is 1. The van der Waals surface area contributed by atoms with Crippen molar-refractivity contribution in [1.29, 1.82) is 0 Å². The summed E-state index contributed by atoms with van der Waals surface area (Å²) in [6.07, 6.45) is 4.60. The van der Waals surface area contributed by atoms with Crippen LogP contribution in [0, 0.1) is 0 Å². The molecule has 2 aliphatic rings. The van der Waals surface area contributed by atoms with Gasteiger partial charge in [-0.2, -0.15) is 0 Å². The number of thiophene rings is 1. The van der Waals surface area contributed by atoms with E-state index in [0.29, 0.717) is 5.69 Å². The topological polar surface area (TPSA) is 45.3 Å². The van der Waals surface area contributed by atoms with Crippen molar-refractivity contribution >= 4 is 17.2 Å². The molecule has 0 aromatic carbocycles. The number of aromatic nitrogens is 1. The first kappa shape index (κ1) is 13.1. The van der Waals surface area contributed by atoms with E-state index in [2.05, 4.69) is 16.4 Å². The van der Waals surface area contributed by atoms with Crippen molar-refractivity contribution in [2.75, 3.05) is 19.7 Å². The van der Waals surface area contributed by atoms with Crippen molar-refractivity contribution in [3.05, 3.63) is 45.9 Å². The average Bonchev–Trinajstić information content (AvgIpc) is 3.19. The van der Waals surface area contributed by atoms with Gasteiger partial charge in [0.05, 0.1) is 12.2 Å². The van der Waals surface area contributed by atoms with Gasteiger partial charge in [0.25, 0.3) is 5.91 Å². The normalized spacial score (nSPS) is 20.5. The van der Waals surface area contributed by atoms with E-state index in [0.717, 1.165) is 39.0 Å². The number of aromatic amines is 1. The van der Waals surface area contributed by atoms with Crippen LogP contribution in [0.15, 0.2) is 29.8 Å². The summed E-state index contributed by atoms with van der Waals surface area (Å²) < 4.78 is 6.17. The lowest BCUT2D eigenvalue weighted by Crippen LogP contribution is -2.48. The van der Waals surface area contributed by atoms with Gasteiger partial charge in [0.2, 0.25) is 0 Å². The van der Waals surface area contributed by atoms with E-state index in [9.17, 15) is 4.79 Å². The van der Waals surface area contributed by atoms with Crippen LogP contribution in [0.1, 0.15) is 33.8 Å². The number of ether oxygens (including phenoxy) is 1. The van der Waals surface area contributed by atoms with E-state index in [4.69, 9.17) is 4.74 Å². The third-order valence-corrected chi connectivity index (χ3v) is 5.61. The third-order valence-electron chi connectivity index (χ3n) is 4.63. The highest BCUT2D eigenvalue weighted by molar-refractivity contribution is 7.10. The Labute approximate surface area is 127 Å². The van der Waals surface area contributed by atoms with Gasteiger partial charge in [0.15, 0.2) is 0 Å². The van der Waals surface area contributed by atoms with Crippen LogP contribution in [0.2, 0.25) is 0 Å². The molecule has 0 radical (unpaired) electrons. The lowest BCUT2D eigenvalue weighted by atomic mass is 9.82. The molecule has 0 atom stereocenters. The van der Waals surface area contributed by atoms with Crippen LogP contribution < -0.4 is 0 Å². The zero-order valence-corrected chi connectivity index (χ0v) is 12.6. The number of carbonyl (C=O) groups excluding carboxylic acids is 1. The summed E-state index contributed by atoms with van der Waals surface area (Å²) in [7, 11) is 0. The van der Waals surface area contributed by atoms with Crippen LogP contribution in [0.5, 0.6) is 0 Å². The molecule has 110 valence electrons. The molecule has 4 heterocycles. The molecule has 4 nitrogen and oxygen atoms in total. The molecule has 1 N–H and O–H groups in total. The second-order valence-electron chi connectivity index (χ2n) is 5.73. The van der Waals surface area contributed by atoms with Crippen molar-refractivity contribution in [3.8, 4) is 0 Å². The van der Waals surface area contributed by atoms with Crippen molar-refractivity contribution in [2.24, 2.45) is 0 Å². The molecule has 0 aliphatic carbocycles. The second kappa shape index (κ2) is 5.00. The number of hydrogen-bond acceptors (Lipinski definition) is 3. The molecule has 2 aromatic rings. The highest BCUT2D eigenvalue weighted by atomic mass is 32.1. The van der Waals surface area contributed by atoms with Crippen LogP contribution in [0.4, 0.5) is 0 Å². The van der Waals surface area contributed by atoms with Gasteiger partial charge >= 0.3 is 0 Å². The molecular formula is C16H18N2O2S. The summed E-state index contributed by atoms with van der Waals surface area (Å²) in [5, 5.41) is 2.16. The zero-order chi connectivity index (χ0) is 14.3. The molecule has 2 aromatic heterocycles. The Morgan fingerprint density at radius 2 is 2.19 bits per heavy atom. The van der Waals surface area contributed by atoms with E-state index in [1.54, 1.807) is 6.20 Å². The summed E-state index contributed by atoms with van der Waals surface area (Å²) in [6, 6.07) is 5.91. The first-order valence-electron chi connectivity index (χ1n) is 7.42. The largest absolute Gasteiger partial charge is 0.370 e. The standard InChI is InChI=1S/C16H18N2O2S/c19-15(13-2-1-7-17-13)18-8-5-16(6-9-18)12-4-11-21-14(12)3-10-20-16/h1-2,4,7,11,17H,3,5-6,8-10H2. The molecule has 2 aliphatic heterocycles. The Morgan fingerprint density at radius 3 is 2.95 bits per heavy atom. The van der Waals surface area contributed by atoms with E-state index < -0.39 is 0 Å². The number of hydrogen-bond donors (Lipinski definition) is 1. The quantitative estimate of drug-likeness (QED) is 0.880. The minimum absolute atomic E-state index is 0.0937. The van der Waals surface area contributed by atoms with E-state index in [-0.39, 0.29) is 11.5 Å². The number of H-pyrrole nitrogens is 1. The van der Waals surface area contributed by atoms with Crippen LogP contribution in [0.3, 0.4) is 0 Å². The molecule has 4 rings (SSSR count). The Morgan fingerprint density at radius 1 is 1.33 bits per heavy atom. The number of nitrogens with zero attached hydrogens (tertiary/aromatic N) is 1. The Balaban J connectivity index is 1.52. The summed E-state index contributed by atoms with van der Waals surface area (Å²) in [6.45, 7) is 2.32. The highest BCUT2D eigenvalue weighted by Crippen LogP contribution is 2.43. The second-order valence-corrected chi connectivity index (χ2v) is 6.73. The van der Waals surface area contributed by atoms with Gasteiger partial charge in [-0.3, -0.25) is 4.79 Å². The Bertz CT molecular complexity index is 639. The molecule has 0 bridgehead atoms. The summed E-state index contributed by atoms with van der Waals surface area (Å²) >= 11 is 1.83. The predicted octanol–water partition coefficient (Wildman–Crippen LogP) is 2.78. The molecule has 0 saturated carbocycles. The maximum Gasteiger partial charge on any atom is 0.270 e. The minimum atomic E-state index is -0.153. The fraction of sp³-hybridized carbons (Fsp3) is 0.438. The maximum atomic E-state index is 12.4. The van der Waals surface area contributed by atoms with Crippen molar-refractivity contribution in [3.63, 3.8) is 0 Å². The van der Waals surface area contributed by atoms with Crippen molar-refractivity contribution < 1.29 is 9.53 Å². The Hall–Kier alpha value is -1.59. The zero-order valence-electron chi connectivity index (χ0n) is 11.8. The molecule has 21 heavy (non-hydrogen) atoms. The van der Waals surface area contributed by atoms with Gasteiger partial charge < -0.3 is 14.6 Å².